The summed E-state index contributed by atoms with van der Waals surface area (Å²) in [6.45, 7) is 2.82. The fourth-order valence-corrected chi connectivity index (χ4v) is 2.87. The van der Waals surface area contributed by atoms with Crippen LogP contribution in [0.5, 0.6) is 5.75 Å². The van der Waals surface area contributed by atoms with E-state index in [1.807, 2.05) is 24.3 Å². The van der Waals surface area contributed by atoms with Crippen LogP contribution in [0, 0.1) is 0 Å². The number of nitrogens with zero attached hydrogens (tertiary/aromatic N) is 3. The summed E-state index contributed by atoms with van der Waals surface area (Å²) >= 11 is 0. The van der Waals surface area contributed by atoms with Gasteiger partial charge in [0.2, 0.25) is 0 Å². The molecule has 0 fully saturated rings. The van der Waals surface area contributed by atoms with Crippen molar-refractivity contribution in [1.82, 2.24) is 15.0 Å². The van der Waals surface area contributed by atoms with Crippen LogP contribution in [-0.4, -0.2) is 27.6 Å². The molecular weight excluding hydrogens is 294 g/mol. The van der Waals surface area contributed by atoms with Crippen LogP contribution in [-0.2, 0) is 17.9 Å². The molecular formula is C17H15N3O3. The summed E-state index contributed by atoms with van der Waals surface area (Å²) in [7, 11) is 0. The van der Waals surface area contributed by atoms with Crippen molar-refractivity contribution >= 4 is 16.7 Å². The maximum absolute atomic E-state index is 12.0. The SMILES string of the molecule is CCOC(=O)c1nnn2c1COc1ccc3ccccc3c1C2. The molecule has 4 rings (SSSR count). The summed E-state index contributed by atoms with van der Waals surface area (Å²) in [5.41, 5.74) is 1.91. The molecule has 0 amide bonds. The second kappa shape index (κ2) is 5.39. The van der Waals surface area contributed by atoms with Crippen molar-refractivity contribution in [2.45, 2.75) is 20.1 Å². The van der Waals surface area contributed by atoms with Crippen LogP contribution in [0.3, 0.4) is 0 Å². The Morgan fingerprint density at radius 2 is 2.17 bits per heavy atom. The smallest absolute Gasteiger partial charge is 0.360 e. The molecule has 0 radical (unpaired) electrons. The molecule has 0 saturated heterocycles. The first-order chi connectivity index (χ1) is 11.3. The summed E-state index contributed by atoms with van der Waals surface area (Å²) in [4.78, 5) is 12.0. The highest BCUT2D eigenvalue weighted by atomic mass is 16.5. The second-order valence-electron chi connectivity index (χ2n) is 5.31. The lowest BCUT2D eigenvalue weighted by atomic mass is 10.0. The van der Waals surface area contributed by atoms with Gasteiger partial charge in [0.1, 0.15) is 18.1 Å². The first kappa shape index (κ1) is 13.8. The number of benzene rings is 2. The van der Waals surface area contributed by atoms with Gasteiger partial charge in [-0.05, 0) is 23.8 Å². The van der Waals surface area contributed by atoms with Gasteiger partial charge >= 0.3 is 5.97 Å². The van der Waals surface area contributed by atoms with Gasteiger partial charge in [-0.15, -0.1) is 5.10 Å². The van der Waals surface area contributed by atoms with E-state index in [4.69, 9.17) is 9.47 Å². The number of esters is 1. The fraction of sp³-hybridized carbons (Fsp3) is 0.235. The van der Waals surface area contributed by atoms with E-state index in [0.717, 1.165) is 22.1 Å². The molecule has 1 aliphatic heterocycles. The van der Waals surface area contributed by atoms with Gasteiger partial charge in [-0.25, -0.2) is 9.48 Å². The first-order valence-corrected chi connectivity index (χ1v) is 7.51. The average molecular weight is 309 g/mol. The number of fused-ring (bicyclic) bond motifs is 4. The zero-order chi connectivity index (χ0) is 15.8. The fourth-order valence-electron chi connectivity index (χ4n) is 2.87. The third-order valence-electron chi connectivity index (χ3n) is 3.98. The molecule has 0 N–H and O–H groups in total. The molecule has 1 aromatic heterocycles. The summed E-state index contributed by atoms with van der Waals surface area (Å²) in [5.74, 6) is 0.345. The third-order valence-corrected chi connectivity index (χ3v) is 3.98. The van der Waals surface area contributed by atoms with Gasteiger partial charge in [-0.1, -0.05) is 35.5 Å². The van der Waals surface area contributed by atoms with E-state index in [2.05, 4.69) is 22.4 Å². The first-order valence-electron chi connectivity index (χ1n) is 7.51. The Balaban J connectivity index is 1.81. The molecule has 2 aromatic carbocycles. The molecule has 0 unspecified atom stereocenters. The lowest BCUT2D eigenvalue weighted by Gasteiger charge is -2.09. The van der Waals surface area contributed by atoms with Crippen molar-refractivity contribution in [2.75, 3.05) is 6.61 Å². The van der Waals surface area contributed by atoms with Gasteiger partial charge < -0.3 is 9.47 Å². The van der Waals surface area contributed by atoms with Gasteiger partial charge in [0, 0.05) is 5.56 Å². The van der Waals surface area contributed by atoms with Crippen LogP contribution >= 0.6 is 0 Å². The zero-order valence-corrected chi connectivity index (χ0v) is 12.7. The van der Waals surface area contributed by atoms with Crippen LogP contribution in [0.25, 0.3) is 10.8 Å². The van der Waals surface area contributed by atoms with Gasteiger partial charge in [0.15, 0.2) is 5.69 Å². The number of rotatable bonds is 2. The Morgan fingerprint density at radius 3 is 3.04 bits per heavy atom. The molecule has 6 nitrogen and oxygen atoms in total. The molecule has 23 heavy (non-hydrogen) atoms. The maximum Gasteiger partial charge on any atom is 0.360 e. The quantitative estimate of drug-likeness (QED) is 0.681. The molecule has 0 aliphatic carbocycles. The van der Waals surface area contributed by atoms with Crippen molar-refractivity contribution in [1.29, 1.82) is 0 Å². The zero-order valence-electron chi connectivity index (χ0n) is 12.7. The van der Waals surface area contributed by atoms with Gasteiger partial charge in [-0.2, -0.15) is 0 Å². The highest BCUT2D eigenvalue weighted by molar-refractivity contribution is 5.89. The van der Waals surface area contributed by atoms with Crippen LogP contribution in [0.15, 0.2) is 36.4 Å². The Kier molecular flexibility index (Phi) is 3.22. The van der Waals surface area contributed by atoms with E-state index in [1.54, 1.807) is 11.6 Å². The van der Waals surface area contributed by atoms with Crippen LogP contribution in [0.2, 0.25) is 0 Å². The minimum Gasteiger partial charge on any atom is -0.487 e. The molecule has 116 valence electrons. The van der Waals surface area contributed by atoms with Gasteiger partial charge in [-0.3, -0.25) is 0 Å². The number of carbonyl (C=O) groups excluding carboxylic acids is 1. The monoisotopic (exact) mass is 309 g/mol. The molecule has 0 bridgehead atoms. The van der Waals surface area contributed by atoms with Gasteiger partial charge in [0.25, 0.3) is 0 Å². The van der Waals surface area contributed by atoms with E-state index < -0.39 is 5.97 Å². The molecule has 2 heterocycles. The van der Waals surface area contributed by atoms with Crippen molar-refractivity contribution in [3.8, 4) is 5.75 Å². The van der Waals surface area contributed by atoms with Crippen LogP contribution in [0.4, 0.5) is 0 Å². The van der Waals surface area contributed by atoms with E-state index in [9.17, 15) is 4.79 Å². The highest BCUT2D eigenvalue weighted by Crippen LogP contribution is 2.32. The van der Waals surface area contributed by atoms with E-state index in [1.165, 1.54) is 0 Å². The van der Waals surface area contributed by atoms with Crippen LogP contribution < -0.4 is 4.74 Å². The minimum atomic E-state index is -0.465. The van der Waals surface area contributed by atoms with Crippen molar-refractivity contribution in [2.24, 2.45) is 0 Å². The molecule has 6 heteroatoms. The number of hydrogen-bond donors (Lipinski definition) is 0. The third kappa shape index (κ3) is 2.23. The summed E-state index contributed by atoms with van der Waals surface area (Å²) < 4.78 is 12.6. The lowest BCUT2D eigenvalue weighted by molar-refractivity contribution is 0.0516. The molecule has 0 spiro atoms. The second-order valence-corrected chi connectivity index (χ2v) is 5.31. The summed E-state index contributed by atoms with van der Waals surface area (Å²) in [6.07, 6.45) is 0. The summed E-state index contributed by atoms with van der Waals surface area (Å²) in [5, 5.41) is 10.3. The molecule has 0 atom stereocenters. The van der Waals surface area contributed by atoms with Crippen molar-refractivity contribution < 1.29 is 14.3 Å². The predicted octanol–water partition coefficient (Wildman–Crippen LogP) is 2.55. The van der Waals surface area contributed by atoms with E-state index in [0.29, 0.717) is 18.8 Å². The normalized spacial score (nSPS) is 12.9. The van der Waals surface area contributed by atoms with Crippen LogP contribution in [0.1, 0.15) is 28.7 Å². The molecule has 0 saturated carbocycles. The number of aromatic nitrogens is 3. The Labute approximate surface area is 132 Å². The topological polar surface area (TPSA) is 66.2 Å². The van der Waals surface area contributed by atoms with Gasteiger partial charge in [0.05, 0.1) is 13.2 Å². The van der Waals surface area contributed by atoms with Crippen molar-refractivity contribution in [3.63, 3.8) is 0 Å². The maximum atomic E-state index is 12.0. The molecule has 1 aliphatic rings. The predicted molar refractivity (Wildman–Crippen MR) is 83.4 cm³/mol. The molecule has 3 aromatic rings. The summed E-state index contributed by atoms with van der Waals surface area (Å²) in [6, 6.07) is 12.1. The lowest BCUT2D eigenvalue weighted by Crippen LogP contribution is -2.11. The van der Waals surface area contributed by atoms with E-state index >= 15 is 0 Å². The number of carbonyl (C=O) groups is 1. The number of ether oxygens (including phenoxy) is 2. The Bertz CT molecular complexity index is 901. The highest BCUT2D eigenvalue weighted by Gasteiger charge is 2.25. The Hall–Kier alpha value is -2.89. The van der Waals surface area contributed by atoms with E-state index in [-0.39, 0.29) is 12.3 Å². The largest absolute Gasteiger partial charge is 0.487 e. The average Bonchev–Trinajstić information content (AvgIpc) is 2.88. The standard InChI is InChI=1S/C17H15N3O3/c1-2-22-17(21)16-14-10-23-15-8-7-11-5-3-4-6-12(11)13(15)9-20(14)19-18-16/h3-8H,2,9-10H2,1H3. The minimum absolute atomic E-state index is 0.226. The van der Waals surface area contributed by atoms with Crippen molar-refractivity contribution in [3.05, 3.63) is 53.3 Å². The Morgan fingerprint density at radius 1 is 1.30 bits per heavy atom. The number of hydrogen-bond acceptors (Lipinski definition) is 5.